The monoisotopic (exact) mass is 552 g/mol. The van der Waals surface area contributed by atoms with E-state index in [1.54, 1.807) is 29.1 Å². The fraction of sp³-hybridized carbons (Fsp3) is 0.125. The van der Waals surface area contributed by atoms with Gasteiger partial charge in [0.2, 0.25) is 0 Å². The Hall–Kier alpha value is -3.44. The number of carbonyl (C=O) groups excluding carboxylic acids is 1. The molecule has 11 heteroatoms. The van der Waals surface area contributed by atoms with Gasteiger partial charge in [-0.05, 0) is 48.0 Å². The number of halogens is 2. The van der Waals surface area contributed by atoms with E-state index in [1.165, 1.54) is 0 Å². The lowest BCUT2D eigenvalue weighted by Gasteiger charge is -2.14. The molecule has 1 amide bonds. The summed E-state index contributed by atoms with van der Waals surface area (Å²) in [5, 5.41) is 18.7. The highest BCUT2D eigenvalue weighted by Gasteiger charge is 2.19. The van der Waals surface area contributed by atoms with Crippen LogP contribution in [0.15, 0.2) is 66.9 Å². The zero-order chi connectivity index (χ0) is 24.4. The molecule has 0 radical (unpaired) electrons. The van der Waals surface area contributed by atoms with Gasteiger partial charge in [0.1, 0.15) is 5.52 Å². The maximum Gasteiger partial charge on any atom is 0.289 e. The third-order valence-corrected chi connectivity index (χ3v) is 6.15. The van der Waals surface area contributed by atoms with Gasteiger partial charge < -0.3 is 5.11 Å². The molecule has 0 atom stereocenters. The van der Waals surface area contributed by atoms with E-state index >= 15 is 0 Å². The lowest BCUT2D eigenvalue weighted by molar-refractivity contribution is -0.0570. The fourth-order valence-corrected chi connectivity index (χ4v) is 4.24. The summed E-state index contributed by atoms with van der Waals surface area (Å²) in [5.41, 5.74) is 4.93. The van der Waals surface area contributed by atoms with Gasteiger partial charge in [0.15, 0.2) is 5.65 Å². The number of amides is 1. The van der Waals surface area contributed by atoms with Gasteiger partial charge >= 0.3 is 0 Å². The normalized spacial score (nSPS) is 11.3. The predicted molar refractivity (Wildman–Crippen MR) is 135 cm³/mol. The highest BCUT2D eigenvalue weighted by molar-refractivity contribution is 9.07. The Morgan fingerprint density at radius 2 is 1.97 bits per heavy atom. The molecule has 5 aromatic rings. The smallest absolute Gasteiger partial charge is 0.289 e. The lowest BCUT2D eigenvalue weighted by atomic mass is 10.1. The number of benzene rings is 2. The third kappa shape index (κ3) is 4.87. The average molecular weight is 554 g/mol. The molecule has 9 nitrogen and oxygen atoms in total. The van der Waals surface area contributed by atoms with Crippen LogP contribution in [0.3, 0.4) is 0 Å². The van der Waals surface area contributed by atoms with Crippen molar-refractivity contribution in [1.29, 1.82) is 0 Å². The molecule has 0 aliphatic rings. The zero-order valence-electron chi connectivity index (χ0n) is 18.2. The molecule has 0 aliphatic carbocycles. The quantitative estimate of drug-likeness (QED) is 0.235. The lowest BCUT2D eigenvalue weighted by Crippen LogP contribution is -2.23. The van der Waals surface area contributed by atoms with Crippen molar-refractivity contribution in [2.24, 2.45) is 0 Å². The van der Waals surface area contributed by atoms with Crippen LogP contribution < -0.4 is 0 Å². The topological polar surface area (TPSA) is 106 Å². The van der Waals surface area contributed by atoms with Crippen molar-refractivity contribution in [3.05, 3.63) is 83.0 Å². The van der Waals surface area contributed by atoms with Crippen LogP contribution in [0.1, 0.15) is 15.9 Å². The third-order valence-electron chi connectivity index (χ3n) is 5.31. The summed E-state index contributed by atoms with van der Waals surface area (Å²) in [6.07, 6.45) is 1.77. The Bertz CT molecular complexity index is 1540. The van der Waals surface area contributed by atoms with Gasteiger partial charge in [-0.15, -0.1) is 9.19 Å². The van der Waals surface area contributed by atoms with Crippen LogP contribution in [-0.4, -0.2) is 53.3 Å². The van der Waals surface area contributed by atoms with Crippen LogP contribution in [0, 0.1) is 0 Å². The molecule has 0 aliphatic heterocycles. The Labute approximate surface area is 213 Å². The first-order valence-corrected chi connectivity index (χ1v) is 11.7. The van der Waals surface area contributed by atoms with Gasteiger partial charge in [0, 0.05) is 17.1 Å². The van der Waals surface area contributed by atoms with Gasteiger partial charge in [0.05, 0.1) is 57.7 Å². The van der Waals surface area contributed by atoms with Crippen LogP contribution in [0.25, 0.3) is 33.3 Å². The van der Waals surface area contributed by atoms with E-state index in [4.69, 9.17) is 26.5 Å². The van der Waals surface area contributed by atoms with Crippen molar-refractivity contribution >= 4 is 55.7 Å². The number of carbonyl (C=O) groups is 1. The second kappa shape index (κ2) is 10.0. The van der Waals surface area contributed by atoms with Crippen LogP contribution in [0.4, 0.5) is 0 Å². The number of hydroxylamine groups is 1. The van der Waals surface area contributed by atoms with E-state index in [0.29, 0.717) is 23.4 Å². The zero-order valence-corrected chi connectivity index (χ0v) is 20.5. The summed E-state index contributed by atoms with van der Waals surface area (Å²) < 4.78 is 2.61. The first-order chi connectivity index (χ1) is 17.0. The molecule has 0 spiro atoms. The molecule has 0 saturated heterocycles. The first-order valence-electron chi connectivity index (χ1n) is 10.6. The van der Waals surface area contributed by atoms with E-state index in [1.807, 2.05) is 36.4 Å². The fourth-order valence-electron chi connectivity index (χ4n) is 3.64. The molecule has 0 bridgehead atoms. The van der Waals surface area contributed by atoms with E-state index in [-0.39, 0.29) is 23.8 Å². The summed E-state index contributed by atoms with van der Waals surface area (Å²) in [6.45, 7) is 0.245. The SMILES string of the molecule is O=C(c1ccc(-c2ccc3nnn(Cc4ccc5ncccc5c4)c3n2)cc1Cl)N(Br)OCCO. The number of aliphatic hydroxyl groups excluding tert-OH is 1. The van der Waals surface area contributed by atoms with Gasteiger partial charge in [-0.2, -0.15) is 0 Å². The summed E-state index contributed by atoms with van der Waals surface area (Å²) in [4.78, 5) is 26.7. The van der Waals surface area contributed by atoms with Crippen LogP contribution >= 0.6 is 27.7 Å². The molecule has 2 aromatic carbocycles. The van der Waals surface area contributed by atoms with E-state index in [9.17, 15) is 4.79 Å². The standard InChI is InChI=1S/C24H18BrClN6O3/c25-32(35-11-10-33)24(34)18-5-4-17(13-19(18)26)21-7-8-22-23(28-21)31(30-29-22)14-15-3-6-20-16(12-15)2-1-9-27-20/h1-9,12-13,33H,10-11,14H2. The largest absolute Gasteiger partial charge is 0.394 e. The van der Waals surface area contributed by atoms with Gasteiger partial charge in [-0.3, -0.25) is 14.6 Å². The minimum Gasteiger partial charge on any atom is -0.394 e. The van der Waals surface area contributed by atoms with Crippen LogP contribution in [0.2, 0.25) is 5.02 Å². The number of nitrogens with zero attached hydrogens (tertiary/aromatic N) is 6. The molecule has 1 N–H and O–H groups in total. The molecule has 0 unspecified atom stereocenters. The number of rotatable bonds is 7. The van der Waals surface area contributed by atoms with Crippen molar-refractivity contribution < 1.29 is 14.7 Å². The summed E-state index contributed by atoms with van der Waals surface area (Å²) in [5.74, 6) is -0.494. The maximum atomic E-state index is 12.5. The minimum absolute atomic E-state index is 0.0333. The van der Waals surface area contributed by atoms with Crippen molar-refractivity contribution in [2.45, 2.75) is 6.54 Å². The molecule has 35 heavy (non-hydrogen) atoms. The molecule has 3 heterocycles. The number of aliphatic hydroxyl groups is 1. The molecule has 0 fully saturated rings. The van der Waals surface area contributed by atoms with E-state index in [2.05, 4.69) is 37.5 Å². The Kier molecular flexibility index (Phi) is 6.69. The molecule has 0 saturated carbocycles. The molecular formula is C24H18BrClN6O3. The average Bonchev–Trinajstić information content (AvgIpc) is 3.28. The summed E-state index contributed by atoms with van der Waals surface area (Å²) >= 11 is 9.41. The summed E-state index contributed by atoms with van der Waals surface area (Å²) in [6, 6.07) is 18.7. The first kappa shape index (κ1) is 23.3. The summed E-state index contributed by atoms with van der Waals surface area (Å²) in [7, 11) is 0. The van der Waals surface area contributed by atoms with Crippen molar-refractivity contribution in [2.75, 3.05) is 13.2 Å². The minimum atomic E-state index is -0.494. The second-order valence-corrected chi connectivity index (χ2v) is 8.67. The Balaban J connectivity index is 1.43. The number of pyridine rings is 2. The van der Waals surface area contributed by atoms with Crippen molar-refractivity contribution in [1.82, 2.24) is 29.1 Å². The highest BCUT2D eigenvalue weighted by Crippen LogP contribution is 2.27. The van der Waals surface area contributed by atoms with Gasteiger partial charge in [-0.1, -0.05) is 35.0 Å². The number of aromatic nitrogens is 5. The van der Waals surface area contributed by atoms with E-state index in [0.717, 1.165) is 26.1 Å². The highest BCUT2D eigenvalue weighted by atomic mass is 79.9. The maximum absolute atomic E-state index is 12.5. The number of hydrogen-bond acceptors (Lipinski definition) is 7. The van der Waals surface area contributed by atoms with Crippen molar-refractivity contribution in [3.8, 4) is 11.3 Å². The second-order valence-electron chi connectivity index (χ2n) is 7.62. The van der Waals surface area contributed by atoms with Gasteiger partial charge in [-0.25, -0.2) is 9.67 Å². The molecule has 176 valence electrons. The Morgan fingerprint density at radius 1 is 1.11 bits per heavy atom. The molecule has 5 rings (SSSR count). The van der Waals surface area contributed by atoms with E-state index < -0.39 is 5.91 Å². The molecular weight excluding hydrogens is 536 g/mol. The van der Waals surface area contributed by atoms with Crippen LogP contribution in [-0.2, 0) is 11.4 Å². The van der Waals surface area contributed by atoms with Gasteiger partial charge in [0.25, 0.3) is 5.91 Å². The number of fused-ring (bicyclic) bond motifs is 2. The predicted octanol–water partition coefficient (Wildman–Crippen LogP) is 4.42. The molecule has 3 aromatic heterocycles. The Morgan fingerprint density at radius 3 is 2.80 bits per heavy atom. The van der Waals surface area contributed by atoms with Crippen LogP contribution in [0.5, 0.6) is 0 Å². The van der Waals surface area contributed by atoms with Crippen molar-refractivity contribution in [3.63, 3.8) is 0 Å². The number of hydrogen-bond donors (Lipinski definition) is 1.